The largest absolute Gasteiger partial charge is 0.496 e. The van der Waals surface area contributed by atoms with Gasteiger partial charge in [0.05, 0.1) is 20.3 Å². The smallest absolute Gasteiger partial charge is 0.251 e. The van der Waals surface area contributed by atoms with E-state index >= 15 is 0 Å². The number of rotatable bonds is 7. The standard InChI is InChI=1S/C35H46N2O4/c1-24(2)22-37-12-13-40-14-15-41-33-11-10-29(19-30(33)18-27-8-7-9-28(17-27)23-37)35(38)36-21-31-20-32(25(3)4)34(39-6)16-26(31)5/h7-11,16-17,19-20,24-25H,12-15,18,21-23H2,1-6H3,(H,36,38). The molecule has 3 aromatic carbocycles. The van der Waals surface area contributed by atoms with Crippen LogP contribution in [0.15, 0.2) is 54.6 Å². The maximum atomic E-state index is 13.3. The lowest BCUT2D eigenvalue weighted by atomic mass is 9.96. The average Bonchev–Trinajstić information content (AvgIpc) is 2.93. The molecule has 1 heterocycles. The third-order valence-corrected chi connectivity index (χ3v) is 7.52. The van der Waals surface area contributed by atoms with Gasteiger partial charge in [0.2, 0.25) is 0 Å². The Labute approximate surface area is 246 Å². The molecule has 1 amide bonds. The fourth-order valence-electron chi connectivity index (χ4n) is 5.41. The van der Waals surface area contributed by atoms with Crippen LogP contribution in [0.25, 0.3) is 0 Å². The van der Waals surface area contributed by atoms with Gasteiger partial charge < -0.3 is 19.5 Å². The van der Waals surface area contributed by atoms with Crippen molar-refractivity contribution in [3.63, 3.8) is 0 Å². The molecule has 0 unspecified atom stereocenters. The van der Waals surface area contributed by atoms with Crippen LogP contribution in [0.3, 0.4) is 0 Å². The van der Waals surface area contributed by atoms with Gasteiger partial charge in [-0.1, -0.05) is 52.0 Å². The van der Waals surface area contributed by atoms with Crippen molar-refractivity contribution in [2.75, 3.05) is 40.0 Å². The number of nitrogens with zero attached hydrogens (tertiary/aromatic N) is 1. The summed E-state index contributed by atoms with van der Waals surface area (Å²) in [5.74, 6) is 2.49. The molecule has 4 rings (SSSR count). The van der Waals surface area contributed by atoms with Crippen LogP contribution in [0.1, 0.15) is 77.4 Å². The van der Waals surface area contributed by atoms with E-state index in [1.165, 1.54) is 11.1 Å². The molecule has 1 aliphatic heterocycles. The summed E-state index contributed by atoms with van der Waals surface area (Å²) in [7, 11) is 1.70. The number of methoxy groups -OCH3 is 1. The van der Waals surface area contributed by atoms with Crippen LogP contribution in [-0.2, 0) is 24.2 Å². The first-order valence-electron chi connectivity index (χ1n) is 14.8. The molecule has 1 N–H and O–H groups in total. The second-order valence-corrected chi connectivity index (χ2v) is 11.8. The zero-order valence-corrected chi connectivity index (χ0v) is 25.6. The summed E-state index contributed by atoms with van der Waals surface area (Å²) in [6.07, 6.45) is 0.685. The number of fused-ring (bicyclic) bond motifs is 3. The summed E-state index contributed by atoms with van der Waals surface area (Å²) >= 11 is 0. The van der Waals surface area contributed by atoms with Gasteiger partial charge in [-0.25, -0.2) is 0 Å². The topological polar surface area (TPSA) is 60.0 Å². The number of hydrogen-bond donors (Lipinski definition) is 1. The van der Waals surface area contributed by atoms with Gasteiger partial charge in [0.15, 0.2) is 0 Å². The van der Waals surface area contributed by atoms with E-state index in [-0.39, 0.29) is 5.91 Å². The maximum absolute atomic E-state index is 13.3. The molecular formula is C35H46N2O4. The lowest BCUT2D eigenvalue weighted by Gasteiger charge is -2.25. The Morgan fingerprint density at radius 3 is 2.56 bits per heavy atom. The van der Waals surface area contributed by atoms with Crippen LogP contribution < -0.4 is 14.8 Å². The van der Waals surface area contributed by atoms with Gasteiger partial charge in [-0.2, -0.15) is 0 Å². The van der Waals surface area contributed by atoms with E-state index in [0.29, 0.717) is 50.2 Å². The number of carbonyl (C=O) groups is 1. The number of benzene rings is 3. The summed E-state index contributed by atoms with van der Waals surface area (Å²) in [5.41, 5.74) is 7.44. The number of hydrogen-bond acceptors (Lipinski definition) is 5. The zero-order valence-electron chi connectivity index (χ0n) is 25.6. The van der Waals surface area contributed by atoms with Crippen molar-refractivity contribution in [3.05, 3.63) is 93.5 Å². The number of nitrogens with one attached hydrogen (secondary N) is 1. The highest BCUT2D eigenvalue weighted by molar-refractivity contribution is 5.94. The minimum atomic E-state index is -0.102. The average molecular weight is 559 g/mol. The Hall–Kier alpha value is -3.35. The molecule has 0 aromatic heterocycles. The van der Waals surface area contributed by atoms with Crippen LogP contribution in [-0.4, -0.2) is 50.8 Å². The van der Waals surface area contributed by atoms with Crippen molar-refractivity contribution >= 4 is 5.91 Å². The Bertz CT molecular complexity index is 1320. The van der Waals surface area contributed by atoms with E-state index in [9.17, 15) is 4.79 Å². The van der Waals surface area contributed by atoms with Gasteiger partial charge in [0.25, 0.3) is 5.91 Å². The predicted molar refractivity (Wildman–Crippen MR) is 165 cm³/mol. The minimum Gasteiger partial charge on any atom is -0.496 e. The van der Waals surface area contributed by atoms with Crippen molar-refractivity contribution in [2.45, 2.75) is 60.0 Å². The van der Waals surface area contributed by atoms with Crippen molar-refractivity contribution < 1.29 is 19.0 Å². The number of carbonyl (C=O) groups excluding carboxylic acids is 1. The fourth-order valence-corrected chi connectivity index (χ4v) is 5.41. The Kier molecular flexibility index (Phi) is 10.8. The van der Waals surface area contributed by atoms with E-state index in [1.807, 2.05) is 18.2 Å². The molecular weight excluding hydrogens is 512 g/mol. The van der Waals surface area contributed by atoms with E-state index in [2.05, 4.69) is 81.2 Å². The van der Waals surface area contributed by atoms with E-state index < -0.39 is 0 Å². The molecule has 6 heteroatoms. The SMILES string of the molecule is COc1cc(C)c(CNC(=O)c2ccc3c(c2)Cc2cccc(c2)CN(CC(C)C)CCOCCO3)cc1C(C)C. The Morgan fingerprint density at radius 1 is 1.00 bits per heavy atom. The van der Waals surface area contributed by atoms with E-state index in [1.54, 1.807) is 7.11 Å². The lowest BCUT2D eigenvalue weighted by molar-refractivity contribution is 0.0746. The fraction of sp³-hybridized carbons (Fsp3) is 0.457. The molecule has 6 nitrogen and oxygen atoms in total. The second-order valence-electron chi connectivity index (χ2n) is 11.8. The van der Waals surface area contributed by atoms with E-state index in [4.69, 9.17) is 14.2 Å². The highest BCUT2D eigenvalue weighted by Crippen LogP contribution is 2.30. The third-order valence-electron chi connectivity index (χ3n) is 7.52. The predicted octanol–water partition coefficient (Wildman–Crippen LogP) is 6.51. The van der Waals surface area contributed by atoms with E-state index in [0.717, 1.165) is 53.4 Å². The van der Waals surface area contributed by atoms with Gasteiger partial charge >= 0.3 is 0 Å². The maximum Gasteiger partial charge on any atom is 0.251 e. The molecule has 0 radical (unpaired) electrons. The molecule has 0 saturated carbocycles. The lowest BCUT2D eigenvalue weighted by Crippen LogP contribution is -2.31. The Morgan fingerprint density at radius 2 is 1.80 bits per heavy atom. The molecule has 0 saturated heterocycles. The molecule has 41 heavy (non-hydrogen) atoms. The normalized spacial score (nSPS) is 14.7. The summed E-state index contributed by atoms with van der Waals surface area (Å²) < 4.78 is 17.6. The van der Waals surface area contributed by atoms with Crippen molar-refractivity contribution in [1.82, 2.24) is 10.2 Å². The highest BCUT2D eigenvalue weighted by Gasteiger charge is 2.16. The number of ether oxygens (including phenoxy) is 3. The van der Waals surface area contributed by atoms with Gasteiger partial charge in [-0.15, -0.1) is 0 Å². The molecule has 0 fully saturated rings. The van der Waals surface area contributed by atoms with Crippen molar-refractivity contribution in [1.29, 1.82) is 0 Å². The summed E-state index contributed by atoms with van der Waals surface area (Å²) in [6, 6.07) is 18.7. The number of amides is 1. The summed E-state index contributed by atoms with van der Waals surface area (Å²) in [5, 5.41) is 3.13. The van der Waals surface area contributed by atoms with Gasteiger partial charge in [0.1, 0.15) is 18.1 Å². The summed E-state index contributed by atoms with van der Waals surface area (Å²) in [6.45, 7) is 15.8. The van der Waals surface area contributed by atoms with Crippen LogP contribution in [0.5, 0.6) is 11.5 Å². The molecule has 2 bridgehead atoms. The van der Waals surface area contributed by atoms with Crippen LogP contribution in [0.2, 0.25) is 0 Å². The first kappa shape index (κ1) is 30.6. The quantitative estimate of drug-likeness (QED) is 0.358. The van der Waals surface area contributed by atoms with Crippen LogP contribution >= 0.6 is 0 Å². The Balaban J connectivity index is 1.54. The molecule has 0 atom stereocenters. The highest BCUT2D eigenvalue weighted by atomic mass is 16.5. The van der Waals surface area contributed by atoms with Crippen molar-refractivity contribution in [3.8, 4) is 11.5 Å². The third kappa shape index (κ3) is 8.57. The molecule has 3 aromatic rings. The monoisotopic (exact) mass is 558 g/mol. The molecule has 0 spiro atoms. The van der Waals surface area contributed by atoms with Gasteiger partial charge in [-0.05, 0) is 82.5 Å². The minimum absolute atomic E-state index is 0.102. The van der Waals surface area contributed by atoms with Gasteiger partial charge in [-0.3, -0.25) is 9.69 Å². The first-order chi connectivity index (χ1) is 19.7. The van der Waals surface area contributed by atoms with Crippen LogP contribution in [0.4, 0.5) is 0 Å². The molecule has 1 aliphatic rings. The second kappa shape index (κ2) is 14.5. The van der Waals surface area contributed by atoms with Crippen LogP contribution in [0, 0.1) is 12.8 Å². The van der Waals surface area contributed by atoms with Crippen molar-refractivity contribution in [2.24, 2.45) is 5.92 Å². The first-order valence-corrected chi connectivity index (χ1v) is 14.8. The summed E-state index contributed by atoms with van der Waals surface area (Å²) in [4.78, 5) is 15.8. The zero-order chi connectivity index (χ0) is 29.4. The molecule has 220 valence electrons. The number of aryl methyl sites for hydroxylation is 1. The van der Waals surface area contributed by atoms with Gasteiger partial charge in [0, 0.05) is 38.2 Å². The molecule has 0 aliphatic carbocycles.